The van der Waals surface area contributed by atoms with E-state index in [1.54, 1.807) is 0 Å². The molecule has 0 saturated heterocycles. The fourth-order valence-electron chi connectivity index (χ4n) is 7.79. The van der Waals surface area contributed by atoms with Crippen LogP contribution in [0.4, 0.5) is 0 Å². The number of carbonyl (C=O) groups excluding carboxylic acids is 3. The summed E-state index contributed by atoms with van der Waals surface area (Å²) in [6.45, 7) is 6.81. The second-order valence-corrected chi connectivity index (χ2v) is 19.7. The van der Waals surface area contributed by atoms with Gasteiger partial charge >= 0.3 is 0 Å². The summed E-state index contributed by atoms with van der Waals surface area (Å²) in [4.78, 5) is 40.3. The first-order chi connectivity index (χ1) is 28.6. The van der Waals surface area contributed by atoms with E-state index in [0.717, 1.165) is 77.0 Å². The average molecular weight is 827 g/mol. The zero-order valence-electron chi connectivity index (χ0n) is 39.3. The molecule has 0 atom stereocenters. The van der Waals surface area contributed by atoms with Crippen LogP contribution in [-0.4, -0.2) is 16.6 Å². The Morgan fingerprint density at radius 1 is 0.259 bits per heavy atom. The fraction of sp³-hybridized carbons (Fsp3) is 0.833. The van der Waals surface area contributed by atoms with Crippen LogP contribution in [0.1, 0.15) is 290 Å². The molecule has 0 fully saturated rings. The molecule has 0 aliphatic carbocycles. The van der Waals surface area contributed by atoms with Crippen LogP contribution >= 0.6 is 7.92 Å². The van der Waals surface area contributed by atoms with E-state index in [0.29, 0.717) is 19.3 Å². The molecular weight excluding hydrogens is 728 g/mol. The van der Waals surface area contributed by atoms with Crippen molar-refractivity contribution < 1.29 is 14.4 Å². The molecule has 0 aromatic heterocycles. The summed E-state index contributed by atoms with van der Waals surface area (Å²) in [5.41, 5.74) is -0.116. The average Bonchev–Trinajstić information content (AvgIpc) is 3.22. The van der Waals surface area contributed by atoms with Gasteiger partial charge < -0.3 is 0 Å². The molecule has 0 N–H and O–H groups in total. The monoisotopic (exact) mass is 827 g/mol. The molecule has 58 heavy (non-hydrogen) atoms. The quantitative estimate of drug-likeness (QED) is 0.0349. The Morgan fingerprint density at radius 3 is 0.638 bits per heavy atom. The first-order valence-corrected chi connectivity index (χ1v) is 27.3. The van der Waals surface area contributed by atoms with Gasteiger partial charge in [-0.2, -0.15) is 0 Å². The third-order valence-electron chi connectivity index (χ3n) is 11.7. The Bertz CT molecular complexity index is 857. The van der Waals surface area contributed by atoms with E-state index >= 15 is 0 Å². The van der Waals surface area contributed by atoms with Gasteiger partial charge in [-0.3, -0.25) is 14.4 Å². The highest BCUT2D eigenvalue weighted by molar-refractivity contribution is 8.01. The fourth-order valence-corrected chi connectivity index (χ4v) is 9.77. The lowest BCUT2D eigenvalue weighted by Crippen LogP contribution is -2.13. The van der Waals surface area contributed by atoms with E-state index in [4.69, 9.17) is 0 Å². The largest absolute Gasteiger partial charge is 0.294 e. The van der Waals surface area contributed by atoms with Crippen molar-refractivity contribution >= 4 is 24.5 Å². The summed E-state index contributed by atoms with van der Waals surface area (Å²) in [6.07, 6.45) is 62.9. The topological polar surface area (TPSA) is 51.2 Å². The van der Waals surface area contributed by atoms with E-state index in [1.165, 1.54) is 173 Å². The van der Waals surface area contributed by atoms with Gasteiger partial charge in [-0.25, -0.2) is 0 Å². The Hall–Kier alpha value is -1.34. The highest BCUT2D eigenvalue weighted by Gasteiger charge is 2.31. The number of rotatable bonds is 48. The lowest BCUT2D eigenvalue weighted by Gasteiger charge is -2.14. The summed E-state index contributed by atoms with van der Waals surface area (Å²) < 4.78 is 0. The predicted octanol–water partition coefficient (Wildman–Crippen LogP) is 19.2. The maximum atomic E-state index is 13.4. The summed E-state index contributed by atoms with van der Waals surface area (Å²) in [7, 11) is -1.82. The lowest BCUT2D eigenvalue weighted by molar-refractivity contribution is -0.116. The third-order valence-corrected chi connectivity index (χ3v) is 13.9. The molecule has 0 aliphatic rings. The van der Waals surface area contributed by atoms with Crippen LogP contribution in [0.5, 0.6) is 0 Å². The smallest absolute Gasteiger partial charge is 0.169 e. The molecular formula is C54H99O3P. The summed E-state index contributed by atoms with van der Waals surface area (Å²) in [6, 6.07) is 0. The molecule has 0 aromatic rings. The van der Waals surface area contributed by atoms with Gasteiger partial charge in [0.25, 0.3) is 0 Å². The van der Waals surface area contributed by atoms with E-state index in [-0.39, 0.29) is 16.6 Å². The number of carbonyl (C=O) groups is 3. The summed E-state index contributed by atoms with van der Waals surface area (Å²) >= 11 is 0. The van der Waals surface area contributed by atoms with Crippen molar-refractivity contribution in [3.8, 4) is 0 Å². The number of allylic oxidation sites excluding steroid dienone is 6. The van der Waals surface area contributed by atoms with Crippen molar-refractivity contribution in [3.05, 3.63) is 36.5 Å². The van der Waals surface area contributed by atoms with Crippen molar-refractivity contribution in [2.75, 3.05) is 0 Å². The highest BCUT2D eigenvalue weighted by atomic mass is 31.1. The Kier molecular flexibility index (Phi) is 47.2. The Balaban J connectivity index is 4.46. The van der Waals surface area contributed by atoms with Crippen molar-refractivity contribution in [1.82, 2.24) is 0 Å². The van der Waals surface area contributed by atoms with Crippen LogP contribution in [0.3, 0.4) is 0 Å². The van der Waals surface area contributed by atoms with Crippen molar-refractivity contribution in [2.45, 2.75) is 290 Å². The maximum absolute atomic E-state index is 13.4. The summed E-state index contributed by atoms with van der Waals surface area (Å²) in [5.74, 6) is 0. The van der Waals surface area contributed by atoms with Crippen molar-refractivity contribution in [2.24, 2.45) is 0 Å². The highest BCUT2D eigenvalue weighted by Crippen LogP contribution is 2.44. The number of unbranched alkanes of at least 4 members (excludes halogenated alkanes) is 33. The van der Waals surface area contributed by atoms with Crippen molar-refractivity contribution in [1.29, 1.82) is 0 Å². The Morgan fingerprint density at radius 2 is 0.431 bits per heavy atom. The molecule has 0 unspecified atom stereocenters. The normalized spacial score (nSPS) is 12.0. The molecule has 0 saturated carbocycles. The van der Waals surface area contributed by atoms with Gasteiger partial charge in [-0.1, -0.05) is 211 Å². The predicted molar refractivity (Wildman–Crippen MR) is 260 cm³/mol. The van der Waals surface area contributed by atoms with Crippen LogP contribution < -0.4 is 0 Å². The molecule has 0 rings (SSSR count). The van der Waals surface area contributed by atoms with Crippen LogP contribution in [0.2, 0.25) is 0 Å². The van der Waals surface area contributed by atoms with Crippen LogP contribution in [0.25, 0.3) is 0 Å². The molecule has 338 valence electrons. The third kappa shape index (κ3) is 41.4. The standard InChI is InChI=1S/C54H99O3P/c1-4-7-10-13-16-19-22-25-28-31-34-37-40-43-46-49-52(55)58(53(56)50-47-44-41-38-35-32-29-26-23-20-17-14-11-8-5-2)54(57)51-48-45-42-39-36-33-30-27-24-21-18-15-12-9-6-3/h25-30H,4-24,31-51H2,1-3H3/b28-25-,29-26-,30-27-. The molecule has 0 aromatic carbocycles. The molecule has 0 heterocycles. The van der Waals surface area contributed by atoms with Gasteiger partial charge in [0.2, 0.25) is 0 Å². The Labute approximate surface area is 364 Å². The van der Waals surface area contributed by atoms with Crippen LogP contribution in [0, 0.1) is 0 Å². The van der Waals surface area contributed by atoms with Gasteiger partial charge in [0, 0.05) is 19.3 Å². The SMILES string of the molecule is CCCCCCCC/C=C\CCCCCCCC(=O)P(C(=O)CCCCCCC/C=C\CCCCCCCC)C(=O)CCCCCCC/C=C\CCCCCCCC. The van der Waals surface area contributed by atoms with E-state index in [9.17, 15) is 14.4 Å². The maximum Gasteiger partial charge on any atom is 0.169 e. The van der Waals surface area contributed by atoms with Gasteiger partial charge in [-0.05, 0) is 96.3 Å². The molecule has 3 nitrogen and oxygen atoms in total. The second kappa shape index (κ2) is 48.3. The number of hydrogen-bond acceptors (Lipinski definition) is 3. The molecule has 0 spiro atoms. The van der Waals surface area contributed by atoms with Gasteiger partial charge in [0.1, 0.15) is 7.92 Å². The van der Waals surface area contributed by atoms with E-state index in [1.807, 2.05) is 0 Å². The van der Waals surface area contributed by atoms with Gasteiger partial charge in [0.05, 0.1) is 0 Å². The zero-order chi connectivity index (χ0) is 42.3. The molecule has 0 aliphatic heterocycles. The van der Waals surface area contributed by atoms with E-state index < -0.39 is 7.92 Å². The van der Waals surface area contributed by atoms with Crippen LogP contribution in [-0.2, 0) is 14.4 Å². The minimum atomic E-state index is -1.82. The molecule has 0 bridgehead atoms. The summed E-state index contributed by atoms with van der Waals surface area (Å²) in [5, 5.41) is 0. The zero-order valence-corrected chi connectivity index (χ0v) is 40.2. The van der Waals surface area contributed by atoms with Crippen LogP contribution in [0.15, 0.2) is 36.5 Å². The molecule has 0 radical (unpaired) electrons. The van der Waals surface area contributed by atoms with E-state index in [2.05, 4.69) is 57.2 Å². The molecule has 0 amide bonds. The lowest BCUT2D eigenvalue weighted by atomic mass is 10.1. The first-order valence-electron chi connectivity index (χ1n) is 25.9. The molecule has 4 heteroatoms. The van der Waals surface area contributed by atoms with Gasteiger partial charge in [0.15, 0.2) is 16.6 Å². The van der Waals surface area contributed by atoms with Crippen molar-refractivity contribution in [3.63, 3.8) is 0 Å². The first kappa shape index (κ1) is 56.7. The minimum absolute atomic E-state index is 0.0388. The van der Waals surface area contributed by atoms with Gasteiger partial charge in [-0.15, -0.1) is 0 Å². The second-order valence-electron chi connectivity index (χ2n) is 17.5. The number of hydrogen-bond donors (Lipinski definition) is 0. The minimum Gasteiger partial charge on any atom is -0.294 e.